The third-order valence-corrected chi connectivity index (χ3v) is 7.56. The Bertz CT molecular complexity index is 1160. The van der Waals surface area contributed by atoms with Crippen LogP contribution < -0.4 is 10.1 Å². The van der Waals surface area contributed by atoms with Crippen molar-refractivity contribution in [1.82, 2.24) is 10.2 Å². The van der Waals surface area contributed by atoms with Crippen LogP contribution in [0.4, 0.5) is 0 Å². The Hall–Kier alpha value is -2.11. The van der Waals surface area contributed by atoms with Crippen molar-refractivity contribution in [3.05, 3.63) is 85.9 Å². The maximum Gasteiger partial charge on any atom is 0.247 e. The Morgan fingerprint density at radius 1 is 1.22 bits per heavy atom. The summed E-state index contributed by atoms with van der Waals surface area (Å²) in [6.45, 7) is 3.72. The molecule has 1 aliphatic rings. The summed E-state index contributed by atoms with van der Waals surface area (Å²) in [7, 11) is 0. The second-order valence-electron chi connectivity index (χ2n) is 8.54. The van der Waals surface area contributed by atoms with Gasteiger partial charge in [-0.05, 0) is 64.9 Å². The monoisotopic (exact) mass is 658 g/mol. The van der Waals surface area contributed by atoms with Gasteiger partial charge < -0.3 is 25.2 Å². The number of aliphatic hydroxyl groups excluding tert-OH is 2. The van der Waals surface area contributed by atoms with E-state index in [1.54, 1.807) is 41.3 Å². The Balaban J connectivity index is 1.99. The standard InChI is InChI=1S/C27H29Cl2IN2O5/c1-2-3-8-25(34)32(16-17-9-10-19(28)20(29)13-17)22-14-18(27(36)31-11-12-33)15-24(26(22)35)37-23-7-5-4-6-21(23)30/h2,4-7,9-10,13,15,22,24,26,33,35H,1,3,8,11-12,14,16H2,(H,31,36)/t22-,24+,26+/m1/s1. The van der Waals surface area contributed by atoms with E-state index in [0.29, 0.717) is 27.8 Å². The fourth-order valence-electron chi connectivity index (χ4n) is 4.06. The van der Waals surface area contributed by atoms with Crippen molar-refractivity contribution in [2.75, 3.05) is 13.2 Å². The molecular formula is C27H29Cl2IN2O5. The number of hydrogen-bond acceptors (Lipinski definition) is 5. The van der Waals surface area contributed by atoms with Gasteiger partial charge >= 0.3 is 0 Å². The molecule has 0 aromatic heterocycles. The zero-order valence-corrected chi connectivity index (χ0v) is 23.7. The summed E-state index contributed by atoms with van der Waals surface area (Å²) >= 11 is 14.4. The van der Waals surface area contributed by atoms with Crippen molar-refractivity contribution in [2.45, 2.75) is 44.1 Å². The van der Waals surface area contributed by atoms with Crippen molar-refractivity contribution in [3.8, 4) is 5.75 Å². The molecule has 0 unspecified atom stereocenters. The van der Waals surface area contributed by atoms with Gasteiger partial charge in [-0.1, -0.05) is 47.5 Å². The van der Waals surface area contributed by atoms with Gasteiger partial charge in [-0.2, -0.15) is 0 Å². The number of nitrogens with zero attached hydrogens (tertiary/aromatic N) is 1. The fraction of sp³-hybridized carbons (Fsp3) is 0.333. The van der Waals surface area contributed by atoms with E-state index in [0.717, 1.165) is 9.13 Å². The van der Waals surface area contributed by atoms with Crippen molar-refractivity contribution in [1.29, 1.82) is 0 Å². The van der Waals surface area contributed by atoms with E-state index in [4.69, 9.17) is 33.0 Å². The number of hydrogen-bond donors (Lipinski definition) is 3. The van der Waals surface area contributed by atoms with Crippen LogP contribution in [-0.4, -0.2) is 58.3 Å². The molecule has 2 aromatic carbocycles. The van der Waals surface area contributed by atoms with Crippen LogP contribution in [0.1, 0.15) is 24.8 Å². The van der Waals surface area contributed by atoms with Crippen molar-refractivity contribution >= 4 is 57.6 Å². The SMILES string of the molecule is C=CCCC(=O)N(Cc1ccc(Cl)c(Cl)c1)[C@@H]1CC(C(=O)NCCO)=C[C@H](Oc2ccccc2I)[C@H]1O. The fourth-order valence-corrected chi connectivity index (χ4v) is 4.90. The lowest BCUT2D eigenvalue weighted by molar-refractivity contribution is -0.139. The number of nitrogens with one attached hydrogen (secondary N) is 1. The first-order chi connectivity index (χ1) is 17.7. The van der Waals surface area contributed by atoms with Gasteiger partial charge in [0.1, 0.15) is 18.0 Å². The number of allylic oxidation sites excluding steroid dienone is 1. The van der Waals surface area contributed by atoms with Crippen LogP contribution in [0.3, 0.4) is 0 Å². The van der Waals surface area contributed by atoms with Crippen LogP contribution in [0.25, 0.3) is 0 Å². The third-order valence-electron chi connectivity index (χ3n) is 5.93. The number of benzene rings is 2. The minimum atomic E-state index is -1.12. The molecule has 0 saturated carbocycles. The van der Waals surface area contributed by atoms with Crippen LogP contribution in [0.2, 0.25) is 10.0 Å². The smallest absolute Gasteiger partial charge is 0.247 e. The summed E-state index contributed by atoms with van der Waals surface area (Å²) in [4.78, 5) is 27.8. The molecule has 0 spiro atoms. The first kappa shape index (κ1) is 29.4. The molecule has 3 rings (SSSR count). The topological polar surface area (TPSA) is 99.1 Å². The van der Waals surface area contributed by atoms with Crippen LogP contribution in [0, 0.1) is 3.57 Å². The van der Waals surface area contributed by atoms with E-state index in [2.05, 4.69) is 34.5 Å². The molecule has 37 heavy (non-hydrogen) atoms. The number of carbonyl (C=O) groups excluding carboxylic acids is 2. The molecule has 0 heterocycles. The number of ether oxygens (including phenoxy) is 1. The second-order valence-corrected chi connectivity index (χ2v) is 10.5. The molecule has 0 fully saturated rings. The lowest BCUT2D eigenvalue weighted by atomic mass is 9.87. The van der Waals surface area contributed by atoms with Crippen molar-refractivity contribution in [2.24, 2.45) is 0 Å². The minimum absolute atomic E-state index is 0.0801. The molecule has 0 aliphatic heterocycles. The average Bonchev–Trinajstić information content (AvgIpc) is 2.89. The largest absolute Gasteiger partial charge is 0.482 e. The van der Waals surface area contributed by atoms with E-state index in [-0.39, 0.29) is 38.4 Å². The quantitative estimate of drug-likeness (QED) is 0.244. The summed E-state index contributed by atoms with van der Waals surface area (Å²) in [5.41, 5.74) is 1.08. The highest BCUT2D eigenvalue weighted by molar-refractivity contribution is 14.1. The van der Waals surface area contributed by atoms with E-state index in [9.17, 15) is 14.7 Å². The summed E-state index contributed by atoms with van der Waals surface area (Å²) in [5, 5.41) is 24.0. The zero-order chi connectivity index (χ0) is 26.9. The van der Waals surface area contributed by atoms with Gasteiger partial charge in [-0.25, -0.2) is 0 Å². The maximum atomic E-state index is 13.4. The number of aliphatic hydroxyl groups is 2. The normalized spacial score (nSPS) is 19.1. The molecule has 198 valence electrons. The Morgan fingerprint density at radius 2 is 1.97 bits per heavy atom. The van der Waals surface area contributed by atoms with Crippen LogP contribution >= 0.6 is 45.8 Å². The number of para-hydroxylation sites is 1. The number of rotatable bonds is 11. The van der Waals surface area contributed by atoms with E-state index in [1.807, 2.05) is 18.2 Å². The molecule has 0 radical (unpaired) electrons. The number of carbonyl (C=O) groups is 2. The number of amides is 2. The Labute approximate surface area is 240 Å². The maximum absolute atomic E-state index is 13.4. The Morgan fingerprint density at radius 3 is 2.65 bits per heavy atom. The van der Waals surface area contributed by atoms with Gasteiger partial charge in [0.2, 0.25) is 11.8 Å². The van der Waals surface area contributed by atoms with E-state index in [1.165, 1.54) is 0 Å². The molecule has 10 heteroatoms. The van der Waals surface area contributed by atoms with Crippen molar-refractivity contribution < 1.29 is 24.5 Å². The minimum Gasteiger partial charge on any atom is -0.482 e. The molecular weight excluding hydrogens is 630 g/mol. The highest BCUT2D eigenvalue weighted by Gasteiger charge is 2.40. The van der Waals surface area contributed by atoms with Crippen molar-refractivity contribution in [3.63, 3.8) is 0 Å². The van der Waals surface area contributed by atoms with Crippen LogP contribution in [-0.2, 0) is 16.1 Å². The Kier molecular flexibility index (Phi) is 11.3. The third kappa shape index (κ3) is 7.94. The van der Waals surface area contributed by atoms with E-state index >= 15 is 0 Å². The molecule has 7 nitrogen and oxygen atoms in total. The van der Waals surface area contributed by atoms with Crippen LogP contribution in [0.15, 0.2) is 66.8 Å². The number of halogens is 3. The van der Waals surface area contributed by atoms with Gasteiger partial charge in [0.05, 0.1) is 26.3 Å². The highest BCUT2D eigenvalue weighted by atomic mass is 127. The van der Waals surface area contributed by atoms with E-state index < -0.39 is 24.2 Å². The summed E-state index contributed by atoms with van der Waals surface area (Å²) < 4.78 is 6.99. The summed E-state index contributed by atoms with van der Waals surface area (Å²) in [6, 6.07) is 11.7. The second kappa shape index (κ2) is 14.2. The first-order valence-electron chi connectivity index (χ1n) is 11.8. The predicted molar refractivity (Wildman–Crippen MR) is 153 cm³/mol. The molecule has 1 aliphatic carbocycles. The molecule has 0 bridgehead atoms. The lowest BCUT2D eigenvalue weighted by Gasteiger charge is -2.40. The average molecular weight is 659 g/mol. The molecule has 2 amide bonds. The first-order valence-corrected chi connectivity index (χ1v) is 13.6. The van der Waals surface area contributed by atoms with Crippen LogP contribution in [0.5, 0.6) is 5.75 Å². The summed E-state index contributed by atoms with van der Waals surface area (Å²) in [5.74, 6) is -0.0522. The highest BCUT2D eigenvalue weighted by Crippen LogP contribution is 2.31. The molecule has 3 N–H and O–H groups in total. The van der Waals surface area contributed by atoms with Gasteiger partial charge in [0, 0.05) is 31.5 Å². The molecule has 3 atom stereocenters. The van der Waals surface area contributed by atoms with Gasteiger partial charge in [0.25, 0.3) is 0 Å². The zero-order valence-electron chi connectivity index (χ0n) is 20.1. The van der Waals surface area contributed by atoms with Gasteiger partial charge in [-0.3, -0.25) is 9.59 Å². The predicted octanol–water partition coefficient (Wildman–Crippen LogP) is 4.51. The molecule has 2 aromatic rings. The lowest BCUT2D eigenvalue weighted by Crippen LogP contribution is -2.54. The van der Waals surface area contributed by atoms with Gasteiger partial charge in [-0.15, -0.1) is 6.58 Å². The van der Waals surface area contributed by atoms with Gasteiger partial charge in [0.15, 0.2) is 0 Å². The molecule has 0 saturated heterocycles. The summed E-state index contributed by atoms with van der Waals surface area (Å²) in [6.07, 6.45) is 1.97.